The Kier molecular flexibility index (Phi) is 5.32. The van der Waals surface area contributed by atoms with E-state index in [2.05, 4.69) is 5.32 Å². The largest absolute Gasteiger partial charge is 0.472 e. The van der Waals surface area contributed by atoms with Crippen LogP contribution < -0.4 is 5.32 Å². The van der Waals surface area contributed by atoms with Gasteiger partial charge >= 0.3 is 0 Å². The Morgan fingerprint density at radius 2 is 2.33 bits per heavy atom. The molecular formula is C17H21N3O3S. The van der Waals surface area contributed by atoms with Crippen molar-refractivity contribution in [1.82, 2.24) is 15.1 Å². The van der Waals surface area contributed by atoms with Crippen LogP contribution in [0.5, 0.6) is 0 Å². The number of thiophene rings is 1. The molecule has 0 radical (unpaired) electrons. The highest BCUT2D eigenvalue weighted by Crippen LogP contribution is 2.16. The van der Waals surface area contributed by atoms with Crippen molar-refractivity contribution in [2.45, 2.75) is 25.6 Å². The van der Waals surface area contributed by atoms with E-state index in [-0.39, 0.29) is 18.2 Å². The quantitative estimate of drug-likeness (QED) is 0.864. The van der Waals surface area contributed by atoms with Crippen molar-refractivity contribution in [1.29, 1.82) is 0 Å². The molecule has 1 N–H and O–H groups in total. The summed E-state index contributed by atoms with van der Waals surface area (Å²) in [7, 11) is 1.78. The van der Waals surface area contributed by atoms with Crippen LogP contribution in [0.1, 0.15) is 17.5 Å². The van der Waals surface area contributed by atoms with Gasteiger partial charge in [0.2, 0.25) is 11.8 Å². The standard InChI is InChI=1S/C17H21N3O3S/c1-19(9-14-3-7-24-12-14)16(21)8-15-17(22)18-4-5-20(15)10-13-2-6-23-11-13/h2-3,6-7,11-12,15H,4-5,8-10H2,1H3,(H,18,22)/t15-/m0/s1. The highest BCUT2D eigenvalue weighted by Gasteiger charge is 2.32. The van der Waals surface area contributed by atoms with Crippen LogP contribution in [-0.4, -0.2) is 47.8 Å². The molecular weight excluding hydrogens is 326 g/mol. The van der Waals surface area contributed by atoms with Crippen molar-refractivity contribution in [3.63, 3.8) is 0 Å². The van der Waals surface area contributed by atoms with Crippen molar-refractivity contribution >= 4 is 23.2 Å². The predicted octanol–water partition coefficient (Wildman–Crippen LogP) is 1.69. The van der Waals surface area contributed by atoms with Gasteiger partial charge in [-0.2, -0.15) is 11.3 Å². The highest BCUT2D eigenvalue weighted by molar-refractivity contribution is 7.07. The lowest BCUT2D eigenvalue weighted by Crippen LogP contribution is -2.56. The lowest BCUT2D eigenvalue weighted by molar-refractivity contribution is -0.138. The molecule has 0 spiro atoms. The number of rotatable bonds is 6. The zero-order valence-electron chi connectivity index (χ0n) is 13.6. The predicted molar refractivity (Wildman–Crippen MR) is 91.3 cm³/mol. The fraction of sp³-hybridized carbons (Fsp3) is 0.412. The molecule has 7 heteroatoms. The smallest absolute Gasteiger partial charge is 0.237 e. The summed E-state index contributed by atoms with van der Waals surface area (Å²) in [5.74, 6) is -0.109. The molecule has 24 heavy (non-hydrogen) atoms. The molecule has 2 amide bonds. The minimum atomic E-state index is -0.439. The summed E-state index contributed by atoms with van der Waals surface area (Å²) in [4.78, 5) is 28.5. The molecule has 1 fully saturated rings. The van der Waals surface area contributed by atoms with Gasteiger partial charge in [0.1, 0.15) is 0 Å². The summed E-state index contributed by atoms with van der Waals surface area (Å²) in [5.41, 5.74) is 2.12. The molecule has 0 bridgehead atoms. The number of nitrogens with zero attached hydrogens (tertiary/aromatic N) is 2. The maximum absolute atomic E-state index is 12.5. The zero-order chi connectivity index (χ0) is 16.9. The number of carbonyl (C=O) groups excluding carboxylic acids is 2. The second-order valence-electron chi connectivity index (χ2n) is 5.99. The van der Waals surface area contributed by atoms with Crippen LogP contribution in [0.15, 0.2) is 39.8 Å². The Balaban J connectivity index is 1.63. The topological polar surface area (TPSA) is 65.8 Å². The molecule has 2 aromatic rings. The van der Waals surface area contributed by atoms with E-state index in [0.717, 1.165) is 17.7 Å². The number of piperazine rings is 1. The van der Waals surface area contributed by atoms with Gasteiger partial charge in [0.15, 0.2) is 0 Å². The van der Waals surface area contributed by atoms with E-state index in [1.807, 2.05) is 27.8 Å². The minimum absolute atomic E-state index is 0.0274. The Morgan fingerprint density at radius 3 is 3.04 bits per heavy atom. The molecule has 1 aliphatic heterocycles. The van der Waals surface area contributed by atoms with Crippen molar-refractivity contribution in [2.75, 3.05) is 20.1 Å². The van der Waals surface area contributed by atoms with Gasteiger partial charge in [-0.3, -0.25) is 14.5 Å². The average molecular weight is 347 g/mol. The third-order valence-electron chi connectivity index (χ3n) is 4.20. The van der Waals surface area contributed by atoms with Crippen LogP contribution in [-0.2, 0) is 22.7 Å². The first kappa shape index (κ1) is 16.7. The Hall–Kier alpha value is -2.12. The van der Waals surface area contributed by atoms with E-state index in [4.69, 9.17) is 4.42 Å². The van der Waals surface area contributed by atoms with Crippen LogP contribution in [0.4, 0.5) is 0 Å². The first-order valence-corrected chi connectivity index (χ1v) is 8.85. The average Bonchev–Trinajstić information content (AvgIpc) is 3.24. The summed E-state index contributed by atoms with van der Waals surface area (Å²) >= 11 is 1.61. The maximum atomic E-state index is 12.5. The van der Waals surface area contributed by atoms with Gasteiger partial charge in [0.05, 0.1) is 25.0 Å². The third kappa shape index (κ3) is 4.04. The molecule has 1 atom stereocenters. The summed E-state index contributed by atoms with van der Waals surface area (Å²) < 4.78 is 5.09. The van der Waals surface area contributed by atoms with Gasteiger partial charge in [-0.05, 0) is 28.5 Å². The molecule has 0 aliphatic carbocycles. The lowest BCUT2D eigenvalue weighted by atomic mass is 10.1. The summed E-state index contributed by atoms with van der Waals surface area (Å²) in [6.45, 7) is 2.50. The van der Waals surface area contributed by atoms with Crippen LogP contribution in [0.2, 0.25) is 0 Å². The molecule has 1 saturated heterocycles. The van der Waals surface area contributed by atoms with E-state index in [0.29, 0.717) is 19.6 Å². The molecule has 0 unspecified atom stereocenters. The van der Waals surface area contributed by atoms with Crippen molar-refractivity contribution in [3.05, 3.63) is 46.5 Å². The molecule has 0 saturated carbocycles. The van der Waals surface area contributed by atoms with E-state index in [9.17, 15) is 9.59 Å². The molecule has 128 valence electrons. The molecule has 1 aliphatic rings. The van der Waals surface area contributed by atoms with Gasteiger partial charge in [0, 0.05) is 38.8 Å². The van der Waals surface area contributed by atoms with E-state index in [1.165, 1.54) is 0 Å². The van der Waals surface area contributed by atoms with Crippen LogP contribution >= 0.6 is 11.3 Å². The molecule has 3 heterocycles. The number of amides is 2. The Labute approximate surface area is 145 Å². The SMILES string of the molecule is CN(Cc1ccsc1)C(=O)C[C@H]1C(=O)NCCN1Cc1ccoc1. The number of hydrogen-bond donors (Lipinski definition) is 1. The zero-order valence-corrected chi connectivity index (χ0v) is 14.4. The first-order valence-electron chi connectivity index (χ1n) is 7.91. The third-order valence-corrected chi connectivity index (χ3v) is 4.93. The van der Waals surface area contributed by atoms with Gasteiger partial charge < -0.3 is 14.6 Å². The van der Waals surface area contributed by atoms with Crippen LogP contribution in [0, 0.1) is 0 Å². The van der Waals surface area contributed by atoms with Crippen molar-refractivity contribution in [3.8, 4) is 0 Å². The van der Waals surface area contributed by atoms with Crippen LogP contribution in [0.25, 0.3) is 0 Å². The number of nitrogens with one attached hydrogen (secondary N) is 1. The fourth-order valence-corrected chi connectivity index (χ4v) is 3.52. The van der Waals surface area contributed by atoms with Crippen LogP contribution in [0.3, 0.4) is 0 Å². The Morgan fingerprint density at radius 1 is 1.46 bits per heavy atom. The molecule has 6 nitrogen and oxygen atoms in total. The molecule has 0 aromatic carbocycles. The van der Waals surface area contributed by atoms with E-state index >= 15 is 0 Å². The molecule has 3 rings (SSSR count). The fourth-order valence-electron chi connectivity index (χ4n) is 2.86. The van der Waals surface area contributed by atoms with Gasteiger partial charge in [-0.1, -0.05) is 0 Å². The summed E-state index contributed by atoms with van der Waals surface area (Å²) in [6, 6.07) is 3.45. The van der Waals surface area contributed by atoms with E-state index < -0.39 is 6.04 Å². The monoisotopic (exact) mass is 347 g/mol. The summed E-state index contributed by atoms with van der Waals surface area (Å²) in [6.07, 6.45) is 3.48. The van der Waals surface area contributed by atoms with Gasteiger partial charge in [0.25, 0.3) is 0 Å². The highest BCUT2D eigenvalue weighted by atomic mass is 32.1. The second kappa shape index (κ2) is 7.63. The van der Waals surface area contributed by atoms with Gasteiger partial charge in [-0.25, -0.2) is 0 Å². The maximum Gasteiger partial charge on any atom is 0.237 e. The normalized spacial score (nSPS) is 18.4. The lowest BCUT2D eigenvalue weighted by Gasteiger charge is -2.35. The summed E-state index contributed by atoms with van der Waals surface area (Å²) in [5, 5.41) is 6.88. The minimum Gasteiger partial charge on any atom is -0.472 e. The number of carbonyl (C=O) groups is 2. The molecule has 2 aromatic heterocycles. The number of hydrogen-bond acceptors (Lipinski definition) is 5. The van der Waals surface area contributed by atoms with Gasteiger partial charge in [-0.15, -0.1) is 0 Å². The van der Waals surface area contributed by atoms with E-state index in [1.54, 1.807) is 35.8 Å². The number of furan rings is 1. The Bertz CT molecular complexity index is 669. The first-order chi connectivity index (χ1) is 11.6. The second-order valence-corrected chi connectivity index (χ2v) is 6.77. The van der Waals surface area contributed by atoms with Crippen molar-refractivity contribution in [2.24, 2.45) is 0 Å². The van der Waals surface area contributed by atoms with Crippen molar-refractivity contribution < 1.29 is 14.0 Å².